The van der Waals surface area contributed by atoms with Crippen molar-refractivity contribution in [3.05, 3.63) is 91.0 Å². The number of amides is 1. The Balaban J connectivity index is 1.49. The summed E-state index contributed by atoms with van der Waals surface area (Å²) in [4.78, 5) is 12.7. The zero-order chi connectivity index (χ0) is 23.4. The van der Waals surface area contributed by atoms with Gasteiger partial charge in [-0.2, -0.15) is 0 Å². The van der Waals surface area contributed by atoms with Gasteiger partial charge in [0.25, 0.3) is 15.9 Å². The van der Waals surface area contributed by atoms with Crippen molar-refractivity contribution in [1.82, 2.24) is 0 Å². The Morgan fingerprint density at radius 1 is 1.12 bits per heavy atom. The number of sulfonamides is 1. The molecule has 0 radical (unpaired) electrons. The second-order valence-corrected chi connectivity index (χ2v) is 9.40. The van der Waals surface area contributed by atoms with Gasteiger partial charge in [0, 0.05) is 11.3 Å². The summed E-state index contributed by atoms with van der Waals surface area (Å²) in [5.74, 6) is 0.862. The van der Waals surface area contributed by atoms with Crippen LogP contribution in [-0.4, -0.2) is 33.6 Å². The Labute approximate surface area is 193 Å². The lowest BCUT2D eigenvalue weighted by molar-refractivity contribution is 0.102. The molecule has 3 aromatic rings. The summed E-state index contributed by atoms with van der Waals surface area (Å²) < 4.78 is 39.2. The summed E-state index contributed by atoms with van der Waals surface area (Å²) in [5.41, 5.74) is 1.45. The Morgan fingerprint density at radius 2 is 1.82 bits per heavy atom. The topological polar surface area (TPSA) is 84.9 Å². The standard InChI is InChI=1S/C25H24N2O5S/c1-3-16-31-21-12-8-19(9-13-21)25(28)26-20-10-14-22(15-11-20)33(29,30)27-17-18(2)32-24-7-5-4-6-23(24)27/h3-15,18H,1,16-17H2,2H3,(H,26,28)/t18-/m1/s1. The summed E-state index contributed by atoms with van der Waals surface area (Å²) in [6.45, 7) is 6.02. The summed E-state index contributed by atoms with van der Waals surface area (Å²) in [6.07, 6.45) is 1.37. The second-order valence-electron chi connectivity index (χ2n) is 7.53. The van der Waals surface area contributed by atoms with Crippen molar-refractivity contribution < 1.29 is 22.7 Å². The summed E-state index contributed by atoms with van der Waals surface area (Å²) in [5, 5.41) is 2.78. The third-order valence-electron chi connectivity index (χ3n) is 5.07. The molecule has 3 aromatic carbocycles. The lowest BCUT2D eigenvalue weighted by atomic mass is 10.2. The van der Waals surface area contributed by atoms with Crippen molar-refractivity contribution in [2.24, 2.45) is 0 Å². The van der Waals surface area contributed by atoms with Crippen molar-refractivity contribution in [1.29, 1.82) is 0 Å². The van der Waals surface area contributed by atoms with Crippen molar-refractivity contribution in [2.45, 2.75) is 17.9 Å². The van der Waals surface area contributed by atoms with E-state index in [-0.39, 0.29) is 23.5 Å². The van der Waals surface area contributed by atoms with E-state index < -0.39 is 10.0 Å². The number of carbonyl (C=O) groups is 1. The molecule has 1 amide bonds. The minimum atomic E-state index is -3.80. The summed E-state index contributed by atoms with van der Waals surface area (Å²) in [6, 6.07) is 19.9. The largest absolute Gasteiger partial charge is 0.490 e. The molecular weight excluding hydrogens is 440 g/mol. The van der Waals surface area contributed by atoms with E-state index in [9.17, 15) is 13.2 Å². The zero-order valence-electron chi connectivity index (χ0n) is 18.1. The predicted molar refractivity (Wildman–Crippen MR) is 128 cm³/mol. The molecule has 1 atom stereocenters. The number of rotatable bonds is 7. The first-order chi connectivity index (χ1) is 15.9. The molecule has 0 saturated heterocycles. The van der Waals surface area contributed by atoms with Crippen LogP contribution in [0.3, 0.4) is 0 Å². The van der Waals surface area contributed by atoms with Gasteiger partial charge in [0.15, 0.2) is 0 Å². The number of benzene rings is 3. The highest BCUT2D eigenvalue weighted by Gasteiger charge is 2.32. The maximum absolute atomic E-state index is 13.3. The maximum atomic E-state index is 13.3. The van der Waals surface area contributed by atoms with Crippen LogP contribution in [0.15, 0.2) is 90.3 Å². The summed E-state index contributed by atoms with van der Waals surface area (Å²) >= 11 is 0. The fourth-order valence-electron chi connectivity index (χ4n) is 3.47. The SMILES string of the molecule is C=CCOc1ccc(C(=O)Nc2ccc(S(=O)(=O)N3C[C@@H](C)Oc4ccccc43)cc2)cc1. The van der Waals surface area contributed by atoms with Gasteiger partial charge >= 0.3 is 0 Å². The first kappa shape index (κ1) is 22.4. The minimum absolute atomic E-state index is 0.133. The smallest absolute Gasteiger partial charge is 0.264 e. The molecule has 8 heteroatoms. The average molecular weight is 465 g/mol. The highest BCUT2D eigenvalue weighted by atomic mass is 32.2. The molecule has 4 rings (SSSR count). The molecule has 7 nitrogen and oxygen atoms in total. The van der Waals surface area contributed by atoms with Crippen LogP contribution in [0, 0.1) is 0 Å². The van der Waals surface area contributed by atoms with Crippen LogP contribution in [-0.2, 0) is 10.0 Å². The van der Waals surface area contributed by atoms with Crippen molar-refractivity contribution >= 4 is 27.3 Å². The van der Waals surface area contributed by atoms with Crippen LogP contribution in [0.5, 0.6) is 11.5 Å². The van der Waals surface area contributed by atoms with E-state index in [2.05, 4.69) is 11.9 Å². The van der Waals surface area contributed by atoms with Gasteiger partial charge in [-0.1, -0.05) is 24.8 Å². The normalized spacial score (nSPS) is 15.2. The number of nitrogens with one attached hydrogen (secondary N) is 1. The molecule has 170 valence electrons. The number of nitrogens with zero attached hydrogens (tertiary/aromatic N) is 1. The van der Waals surface area contributed by atoms with E-state index in [4.69, 9.17) is 9.47 Å². The Kier molecular flexibility index (Phi) is 6.37. The molecule has 0 spiro atoms. The van der Waals surface area contributed by atoms with Crippen molar-refractivity contribution in [3.63, 3.8) is 0 Å². The maximum Gasteiger partial charge on any atom is 0.264 e. The Morgan fingerprint density at radius 3 is 2.52 bits per heavy atom. The quantitative estimate of drug-likeness (QED) is 0.521. The van der Waals surface area contributed by atoms with E-state index >= 15 is 0 Å². The van der Waals surface area contributed by atoms with Crippen LogP contribution in [0.4, 0.5) is 11.4 Å². The molecule has 1 aliphatic rings. The van der Waals surface area contributed by atoms with Crippen molar-refractivity contribution in [2.75, 3.05) is 22.8 Å². The predicted octanol–water partition coefficient (Wildman–Crippen LogP) is 4.48. The number of para-hydroxylation sites is 2. The van der Waals surface area contributed by atoms with Crippen molar-refractivity contribution in [3.8, 4) is 11.5 Å². The Hall–Kier alpha value is -3.78. The molecular formula is C25H24N2O5S. The number of carbonyl (C=O) groups excluding carboxylic acids is 1. The molecule has 0 aromatic heterocycles. The van der Waals surface area contributed by atoms with Crippen LogP contribution in [0.2, 0.25) is 0 Å². The molecule has 1 N–H and O–H groups in total. The first-order valence-corrected chi connectivity index (χ1v) is 11.9. The van der Waals surface area contributed by atoms with E-state index in [1.54, 1.807) is 66.7 Å². The van der Waals surface area contributed by atoms with Crippen LogP contribution in [0.1, 0.15) is 17.3 Å². The molecule has 1 aliphatic heterocycles. The van der Waals surface area contributed by atoms with Gasteiger partial charge in [-0.05, 0) is 67.6 Å². The lowest BCUT2D eigenvalue weighted by Crippen LogP contribution is -2.42. The van der Waals surface area contributed by atoms with Gasteiger partial charge in [0.2, 0.25) is 0 Å². The third kappa shape index (κ3) is 4.85. The monoisotopic (exact) mass is 464 g/mol. The molecule has 0 aliphatic carbocycles. The van der Waals surface area contributed by atoms with Gasteiger partial charge in [0.05, 0.1) is 17.1 Å². The highest BCUT2D eigenvalue weighted by Crippen LogP contribution is 2.36. The third-order valence-corrected chi connectivity index (χ3v) is 6.86. The minimum Gasteiger partial charge on any atom is -0.490 e. The summed E-state index contributed by atoms with van der Waals surface area (Å²) in [7, 11) is -3.80. The number of hydrogen-bond acceptors (Lipinski definition) is 5. The lowest BCUT2D eigenvalue weighted by Gasteiger charge is -2.34. The van der Waals surface area contributed by atoms with E-state index in [0.717, 1.165) is 0 Å². The fourth-order valence-corrected chi connectivity index (χ4v) is 5.03. The molecule has 33 heavy (non-hydrogen) atoms. The van der Waals surface area contributed by atoms with E-state index in [1.807, 2.05) is 6.92 Å². The molecule has 0 unspecified atom stereocenters. The van der Waals surface area contributed by atoms with Crippen LogP contribution >= 0.6 is 0 Å². The number of fused-ring (bicyclic) bond motifs is 1. The van der Waals surface area contributed by atoms with Gasteiger partial charge in [-0.3, -0.25) is 9.10 Å². The zero-order valence-corrected chi connectivity index (χ0v) is 18.9. The van der Waals surface area contributed by atoms with Crippen LogP contribution in [0.25, 0.3) is 0 Å². The highest BCUT2D eigenvalue weighted by molar-refractivity contribution is 7.92. The molecule has 0 bridgehead atoms. The van der Waals surface area contributed by atoms with E-state index in [0.29, 0.717) is 35.0 Å². The van der Waals surface area contributed by atoms with Gasteiger partial charge in [0.1, 0.15) is 24.2 Å². The molecule has 0 saturated carbocycles. The number of hydrogen-bond donors (Lipinski definition) is 1. The number of ether oxygens (including phenoxy) is 2. The van der Waals surface area contributed by atoms with Crippen LogP contribution < -0.4 is 19.1 Å². The van der Waals surface area contributed by atoms with E-state index in [1.165, 1.54) is 16.4 Å². The second kappa shape index (κ2) is 9.38. The first-order valence-electron chi connectivity index (χ1n) is 10.4. The fraction of sp³-hybridized carbons (Fsp3) is 0.160. The average Bonchev–Trinajstić information content (AvgIpc) is 2.82. The van der Waals surface area contributed by atoms with Gasteiger partial charge in [-0.15, -0.1) is 0 Å². The molecule has 1 heterocycles. The number of anilines is 2. The van der Waals surface area contributed by atoms with Gasteiger partial charge in [-0.25, -0.2) is 8.42 Å². The Bertz CT molecular complexity index is 1250. The molecule has 0 fully saturated rings. The van der Waals surface area contributed by atoms with Gasteiger partial charge < -0.3 is 14.8 Å².